The second-order valence-electron chi connectivity index (χ2n) is 3.98. The van der Waals surface area contributed by atoms with Crippen LogP contribution in [0, 0.1) is 10.1 Å². The van der Waals surface area contributed by atoms with Crippen molar-refractivity contribution in [3.63, 3.8) is 0 Å². The van der Waals surface area contributed by atoms with E-state index in [0.717, 1.165) is 0 Å². The summed E-state index contributed by atoms with van der Waals surface area (Å²) in [7, 11) is 0. The van der Waals surface area contributed by atoms with Gasteiger partial charge in [-0.25, -0.2) is 4.79 Å². The predicted octanol–water partition coefficient (Wildman–Crippen LogP) is 1.75. The Morgan fingerprint density at radius 1 is 1.37 bits per heavy atom. The van der Waals surface area contributed by atoms with E-state index in [9.17, 15) is 19.7 Å². The Hall–Kier alpha value is -2.44. The molecule has 0 saturated heterocycles. The number of carbonyl (C=O) groups is 2. The van der Waals surface area contributed by atoms with Crippen LogP contribution in [0.3, 0.4) is 0 Å². The molecule has 0 fully saturated rings. The van der Waals surface area contributed by atoms with Crippen molar-refractivity contribution in [1.82, 2.24) is 5.32 Å². The van der Waals surface area contributed by atoms with Crippen LogP contribution in [0.2, 0.25) is 0 Å². The van der Waals surface area contributed by atoms with Gasteiger partial charge in [-0.2, -0.15) is 0 Å². The third-order valence-corrected chi connectivity index (χ3v) is 2.43. The average Bonchev–Trinajstić information content (AvgIpc) is 2.34. The molecule has 0 aliphatic heterocycles. The Morgan fingerprint density at radius 2 is 2.11 bits per heavy atom. The van der Waals surface area contributed by atoms with Crippen molar-refractivity contribution in [1.29, 1.82) is 0 Å². The molecule has 7 nitrogen and oxygen atoms in total. The normalized spacial score (nSPS) is 9.89. The van der Waals surface area contributed by atoms with Crippen LogP contribution in [-0.2, 0) is 11.2 Å². The molecule has 0 atom stereocenters. The van der Waals surface area contributed by atoms with Gasteiger partial charge >= 0.3 is 6.09 Å². The molecular weight excluding hydrogens is 252 g/mol. The highest BCUT2D eigenvalue weighted by Gasteiger charge is 2.09. The van der Waals surface area contributed by atoms with Gasteiger partial charge in [0.15, 0.2) is 0 Å². The molecule has 0 radical (unpaired) electrons. The van der Waals surface area contributed by atoms with Gasteiger partial charge in [0.2, 0.25) is 0 Å². The molecule has 0 unspecified atom stereocenters. The Morgan fingerprint density at radius 3 is 2.74 bits per heavy atom. The quantitative estimate of drug-likeness (QED) is 0.444. The van der Waals surface area contributed by atoms with Crippen molar-refractivity contribution in [3.05, 3.63) is 39.9 Å². The van der Waals surface area contributed by atoms with Crippen molar-refractivity contribution < 1.29 is 19.6 Å². The summed E-state index contributed by atoms with van der Waals surface area (Å²) in [6.07, 6.45) is -0.344. The third-order valence-electron chi connectivity index (χ3n) is 2.43. The van der Waals surface area contributed by atoms with Gasteiger partial charge in [-0.3, -0.25) is 14.9 Å². The number of non-ortho nitro benzene ring substituents is 1. The minimum absolute atomic E-state index is 0.0437. The summed E-state index contributed by atoms with van der Waals surface area (Å²) >= 11 is 0. The molecular formula is C12H14N2O5. The summed E-state index contributed by atoms with van der Waals surface area (Å²) in [4.78, 5) is 31.8. The molecule has 0 spiro atoms. The van der Waals surface area contributed by atoms with Crippen LogP contribution in [0.1, 0.15) is 18.4 Å². The van der Waals surface area contributed by atoms with E-state index in [2.05, 4.69) is 5.32 Å². The number of hydrogen-bond acceptors (Lipinski definition) is 4. The molecule has 0 aliphatic carbocycles. The first-order chi connectivity index (χ1) is 8.99. The van der Waals surface area contributed by atoms with Gasteiger partial charge in [-0.05, 0) is 12.0 Å². The van der Waals surface area contributed by atoms with E-state index in [4.69, 9.17) is 5.11 Å². The van der Waals surface area contributed by atoms with Gasteiger partial charge in [0.25, 0.3) is 5.69 Å². The number of benzene rings is 1. The zero-order chi connectivity index (χ0) is 14.3. The van der Waals surface area contributed by atoms with Gasteiger partial charge < -0.3 is 10.4 Å². The molecule has 1 aromatic carbocycles. The molecule has 1 amide bonds. The molecule has 19 heavy (non-hydrogen) atoms. The van der Waals surface area contributed by atoms with Crippen molar-refractivity contribution in [2.24, 2.45) is 0 Å². The number of amides is 1. The SMILES string of the molecule is O=C(CCCNC(=O)O)Cc1cccc([N+](=O)[O-])c1. The minimum Gasteiger partial charge on any atom is -0.465 e. The number of nitro benzene ring substituents is 1. The summed E-state index contributed by atoms with van der Waals surface area (Å²) < 4.78 is 0. The van der Waals surface area contributed by atoms with Gasteiger partial charge in [-0.1, -0.05) is 12.1 Å². The fraction of sp³-hybridized carbons (Fsp3) is 0.333. The van der Waals surface area contributed by atoms with E-state index in [0.29, 0.717) is 12.0 Å². The number of hydrogen-bond donors (Lipinski definition) is 2. The standard InChI is InChI=1S/C12H14N2O5/c15-11(5-2-6-13-12(16)17)8-9-3-1-4-10(7-9)14(18)19/h1,3-4,7,13H,2,5-6,8H2,(H,16,17). The summed E-state index contributed by atoms with van der Waals surface area (Å²) in [5, 5.41) is 21.1. The summed E-state index contributed by atoms with van der Waals surface area (Å²) in [6, 6.07) is 5.92. The van der Waals surface area contributed by atoms with Crippen LogP contribution in [0.25, 0.3) is 0 Å². The Labute approximate surface area is 109 Å². The lowest BCUT2D eigenvalue weighted by Crippen LogP contribution is -2.22. The number of nitro groups is 1. The molecule has 0 aliphatic rings. The lowest BCUT2D eigenvalue weighted by atomic mass is 10.1. The van der Waals surface area contributed by atoms with Crippen LogP contribution in [0.4, 0.5) is 10.5 Å². The lowest BCUT2D eigenvalue weighted by molar-refractivity contribution is -0.384. The van der Waals surface area contributed by atoms with Gasteiger partial charge in [0, 0.05) is 31.5 Å². The molecule has 2 N–H and O–H groups in total. The first-order valence-corrected chi connectivity index (χ1v) is 5.71. The van der Waals surface area contributed by atoms with Crippen LogP contribution >= 0.6 is 0 Å². The fourth-order valence-electron chi connectivity index (χ4n) is 1.58. The number of rotatable bonds is 7. The third kappa shape index (κ3) is 5.62. The van der Waals surface area contributed by atoms with Crippen LogP contribution in [-0.4, -0.2) is 28.5 Å². The number of carboxylic acid groups (broad SMARTS) is 1. The van der Waals surface area contributed by atoms with Gasteiger partial charge in [0.05, 0.1) is 4.92 Å². The van der Waals surface area contributed by atoms with Crippen molar-refractivity contribution >= 4 is 17.6 Å². The zero-order valence-corrected chi connectivity index (χ0v) is 10.2. The van der Waals surface area contributed by atoms with E-state index >= 15 is 0 Å². The average molecular weight is 266 g/mol. The highest BCUT2D eigenvalue weighted by Crippen LogP contribution is 2.14. The Balaban J connectivity index is 2.42. The summed E-state index contributed by atoms with van der Waals surface area (Å²) in [6.45, 7) is 0.218. The van der Waals surface area contributed by atoms with Crippen molar-refractivity contribution in [3.8, 4) is 0 Å². The summed E-state index contributed by atoms with van der Waals surface area (Å²) in [5.41, 5.74) is 0.545. The number of nitrogens with one attached hydrogen (secondary N) is 1. The first-order valence-electron chi connectivity index (χ1n) is 5.71. The highest BCUT2D eigenvalue weighted by atomic mass is 16.6. The molecule has 0 bridgehead atoms. The lowest BCUT2D eigenvalue weighted by Gasteiger charge is -2.02. The molecule has 1 rings (SSSR count). The van der Waals surface area contributed by atoms with E-state index < -0.39 is 11.0 Å². The maximum atomic E-state index is 11.6. The largest absolute Gasteiger partial charge is 0.465 e. The molecule has 7 heteroatoms. The van der Waals surface area contributed by atoms with Crippen molar-refractivity contribution in [2.75, 3.05) is 6.54 Å². The topological polar surface area (TPSA) is 110 Å². The number of nitrogens with zero attached hydrogens (tertiary/aromatic N) is 1. The van der Waals surface area contributed by atoms with Crippen LogP contribution in [0.15, 0.2) is 24.3 Å². The van der Waals surface area contributed by atoms with Gasteiger partial charge in [0.1, 0.15) is 5.78 Å². The zero-order valence-electron chi connectivity index (χ0n) is 10.2. The van der Waals surface area contributed by atoms with Crippen LogP contribution in [0.5, 0.6) is 0 Å². The second-order valence-corrected chi connectivity index (χ2v) is 3.98. The maximum Gasteiger partial charge on any atom is 0.404 e. The van der Waals surface area contributed by atoms with Crippen molar-refractivity contribution in [2.45, 2.75) is 19.3 Å². The maximum absolute atomic E-state index is 11.6. The first kappa shape index (κ1) is 14.6. The minimum atomic E-state index is -1.12. The smallest absolute Gasteiger partial charge is 0.404 e. The molecule has 0 saturated carbocycles. The fourth-order valence-corrected chi connectivity index (χ4v) is 1.58. The Kier molecular flexibility index (Phi) is 5.46. The predicted molar refractivity (Wildman–Crippen MR) is 67.1 cm³/mol. The number of ketones is 1. The van der Waals surface area contributed by atoms with E-state index in [1.807, 2.05) is 0 Å². The summed E-state index contributed by atoms with van der Waals surface area (Å²) in [5.74, 6) is -0.0762. The highest BCUT2D eigenvalue weighted by molar-refractivity contribution is 5.81. The molecule has 0 aromatic heterocycles. The monoisotopic (exact) mass is 266 g/mol. The van der Waals surface area contributed by atoms with E-state index in [1.54, 1.807) is 6.07 Å². The van der Waals surface area contributed by atoms with E-state index in [-0.39, 0.29) is 30.9 Å². The van der Waals surface area contributed by atoms with Gasteiger partial charge in [-0.15, -0.1) is 0 Å². The second kappa shape index (κ2) is 7.10. The molecule has 0 heterocycles. The number of carbonyl (C=O) groups excluding carboxylic acids is 1. The molecule has 102 valence electrons. The number of Topliss-reactive ketones (excluding diaryl/α,β-unsaturated/α-hetero) is 1. The van der Waals surface area contributed by atoms with E-state index in [1.165, 1.54) is 18.2 Å². The van der Waals surface area contributed by atoms with Crippen LogP contribution < -0.4 is 5.32 Å². The molecule has 1 aromatic rings. The Bertz CT molecular complexity index is 487.